The van der Waals surface area contributed by atoms with Crippen molar-refractivity contribution >= 4 is 28.8 Å². The Balaban J connectivity index is 1.51. The van der Waals surface area contributed by atoms with Crippen LogP contribution in [0.15, 0.2) is 48.0 Å². The van der Waals surface area contributed by atoms with Gasteiger partial charge in [-0.25, -0.2) is 9.37 Å². The molecule has 5 rings (SSSR count). The second-order valence-corrected chi connectivity index (χ2v) is 9.07. The van der Waals surface area contributed by atoms with Gasteiger partial charge >= 0.3 is 0 Å². The summed E-state index contributed by atoms with van der Waals surface area (Å²) in [6, 6.07) is 4.46. The molecule has 1 aromatic carbocycles. The van der Waals surface area contributed by atoms with Crippen molar-refractivity contribution in [2.75, 3.05) is 6.61 Å². The number of halogens is 2. The molecule has 2 atom stereocenters. The van der Waals surface area contributed by atoms with Gasteiger partial charge in [0.2, 0.25) is 5.43 Å². The molecule has 0 bridgehead atoms. The van der Waals surface area contributed by atoms with Crippen LogP contribution in [0.1, 0.15) is 20.9 Å². The van der Waals surface area contributed by atoms with Crippen molar-refractivity contribution in [3.63, 3.8) is 0 Å². The number of rotatable bonds is 4. The molecule has 2 aliphatic heterocycles. The van der Waals surface area contributed by atoms with Crippen LogP contribution in [0.5, 0.6) is 5.75 Å². The lowest BCUT2D eigenvalue weighted by Gasteiger charge is -2.33. The highest BCUT2D eigenvalue weighted by atomic mass is 35.5. The monoisotopic (exact) mass is 473 g/mol. The van der Waals surface area contributed by atoms with E-state index < -0.39 is 29.1 Å². The van der Waals surface area contributed by atoms with Crippen LogP contribution in [0.25, 0.3) is 10.6 Å². The van der Waals surface area contributed by atoms with E-state index in [4.69, 9.17) is 16.3 Å². The van der Waals surface area contributed by atoms with Crippen molar-refractivity contribution in [2.24, 2.45) is 0 Å². The molecule has 1 saturated heterocycles. The van der Waals surface area contributed by atoms with E-state index >= 15 is 0 Å². The van der Waals surface area contributed by atoms with Crippen molar-refractivity contribution in [3.05, 3.63) is 80.4 Å². The fourth-order valence-corrected chi connectivity index (χ4v) is 5.17. The van der Waals surface area contributed by atoms with Gasteiger partial charge < -0.3 is 19.3 Å². The Bertz CT molecular complexity index is 1320. The van der Waals surface area contributed by atoms with Crippen molar-refractivity contribution in [1.82, 2.24) is 14.5 Å². The zero-order valence-electron chi connectivity index (χ0n) is 16.6. The number of aromatic nitrogens is 2. The quantitative estimate of drug-likeness (QED) is 0.587. The predicted octanol–water partition coefficient (Wildman–Crippen LogP) is 3.43. The van der Waals surface area contributed by atoms with Gasteiger partial charge in [0.15, 0.2) is 17.7 Å². The van der Waals surface area contributed by atoms with E-state index in [9.17, 15) is 19.1 Å². The Kier molecular flexibility index (Phi) is 5.11. The number of aromatic hydroxyl groups is 1. The zero-order chi connectivity index (χ0) is 22.6. The number of amides is 1. The third kappa shape index (κ3) is 3.24. The van der Waals surface area contributed by atoms with Gasteiger partial charge in [-0.15, -0.1) is 17.9 Å². The average Bonchev–Trinajstić information content (AvgIpc) is 3.41. The highest BCUT2D eigenvalue weighted by molar-refractivity contribution is 7.15. The summed E-state index contributed by atoms with van der Waals surface area (Å²) in [5, 5.41) is 11.0. The molecule has 32 heavy (non-hydrogen) atoms. The van der Waals surface area contributed by atoms with Crippen molar-refractivity contribution < 1.29 is 19.0 Å². The van der Waals surface area contributed by atoms with Crippen LogP contribution in [0, 0.1) is 5.82 Å². The number of hydrogen-bond acceptors (Lipinski definition) is 6. The largest absolute Gasteiger partial charge is 0.503 e. The van der Waals surface area contributed by atoms with Gasteiger partial charge in [0, 0.05) is 23.7 Å². The molecule has 0 spiro atoms. The third-order valence-corrected chi connectivity index (χ3v) is 6.95. The van der Waals surface area contributed by atoms with E-state index in [0.717, 1.165) is 4.88 Å². The molecule has 1 unspecified atom stereocenters. The minimum atomic E-state index is -0.687. The molecule has 2 aliphatic rings. The minimum Gasteiger partial charge on any atom is -0.503 e. The molecule has 0 aliphatic carbocycles. The first-order valence-electron chi connectivity index (χ1n) is 9.80. The minimum absolute atomic E-state index is 0.0385. The SMILES string of the molecule is C=C[C@@H]1COC2Cn3cc(-c4ncc(Cc5cccc(Cl)c5F)s4)c(=O)c(O)c3C(=O)N21. The normalized spacial score (nSPS) is 19.7. The predicted molar refractivity (Wildman–Crippen MR) is 118 cm³/mol. The lowest BCUT2D eigenvalue weighted by atomic mass is 10.1. The van der Waals surface area contributed by atoms with Crippen LogP contribution in [0.4, 0.5) is 4.39 Å². The average molecular weight is 474 g/mol. The van der Waals surface area contributed by atoms with E-state index in [1.807, 2.05) is 0 Å². The lowest BCUT2D eigenvalue weighted by molar-refractivity contribution is 0.00705. The van der Waals surface area contributed by atoms with Gasteiger partial charge in [0.05, 0.1) is 29.8 Å². The molecule has 0 radical (unpaired) electrons. The van der Waals surface area contributed by atoms with Crippen molar-refractivity contribution in [2.45, 2.75) is 25.2 Å². The Morgan fingerprint density at radius 2 is 2.22 bits per heavy atom. The van der Waals surface area contributed by atoms with Gasteiger partial charge in [-0.05, 0) is 11.6 Å². The number of carbonyl (C=O) groups excluding carboxylic acids is 1. The topological polar surface area (TPSA) is 84.7 Å². The summed E-state index contributed by atoms with van der Waals surface area (Å²) in [7, 11) is 0. The first-order chi connectivity index (χ1) is 15.4. The number of ether oxygens (including phenoxy) is 1. The number of nitrogens with zero attached hydrogens (tertiary/aromatic N) is 3. The summed E-state index contributed by atoms with van der Waals surface area (Å²) < 4.78 is 21.4. The summed E-state index contributed by atoms with van der Waals surface area (Å²) in [6.07, 6.45) is 4.43. The number of hydrogen-bond donors (Lipinski definition) is 1. The number of thiazole rings is 1. The number of fused-ring (bicyclic) bond motifs is 2. The maximum Gasteiger partial charge on any atom is 0.277 e. The summed E-state index contributed by atoms with van der Waals surface area (Å²) in [6.45, 7) is 4.29. The van der Waals surface area contributed by atoms with Crippen molar-refractivity contribution in [3.8, 4) is 16.3 Å². The van der Waals surface area contributed by atoms with E-state index in [1.165, 1.54) is 33.1 Å². The second-order valence-electron chi connectivity index (χ2n) is 7.55. The Morgan fingerprint density at radius 3 is 3.00 bits per heavy atom. The highest BCUT2D eigenvalue weighted by Crippen LogP contribution is 2.33. The molecule has 7 nitrogen and oxygen atoms in total. The maximum absolute atomic E-state index is 14.2. The van der Waals surface area contributed by atoms with Gasteiger partial charge in [0.1, 0.15) is 10.8 Å². The number of benzene rings is 1. The maximum atomic E-state index is 14.2. The van der Waals surface area contributed by atoms with Crippen LogP contribution in [-0.2, 0) is 17.7 Å². The highest BCUT2D eigenvalue weighted by Gasteiger charge is 2.43. The second kappa shape index (κ2) is 7.84. The fraction of sp³-hybridized carbons (Fsp3) is 0.227. The fourth-order valence-electron chi connectivity index (χ4n) is 4.04. The first kappa shape index (κ1) is 20.9. The Labute approximate surface area is 191 Å². The van der Waals surface area contributed by atoms with Gasteiger partial charge in [0.25, 0.3) is 5.91 Å². The molecule has 164 valence electrons. The zero-order valence-corrected chi connectivity index (χ0v) is 18.2. The summed E-state index contributed by atoms with van der Waals surface area (Å²) in [5.74, 6) is -1.60. The van der Waals surface area contributed by atoms with E-state index in [2.05, 4.69) is 11.6 Å². The smallest absolute Gasteiger partial charge is 0.277 e. The van der Waals surface area contributed by atoms with Crippen LogP contribution < -0.4 is 5.43 Å². The molecule has 2 aromatic heterocycles. The molecule has 3 aromatic rings. The van der Waals surface area contributed by atoms with Crippen LogP contribution >= 0.6 is 22.9 Å². The lowest BCUT2D eigenvalue weighted by Crippen LogP contribution is -2.48. The van der Waals surface area contributed by atoms with Gasteiger partial charge in [-0.1, -0.05) is 29.8 Å². The summed E-state index contributed by atoms with van der Waals surface area (Å²) in [4.78, 5) is 32.4. The molecule has 10 heteroatoms. The number of carbonyl (C=O) groups is 1. The Morgan fingerprint density at radius 1 is 1.41 bits per heavy atom. The number of pyridine rings is 1. The van der Waals surface area contributed by atoms with Crippen LogP contribution in [0.3, 0.4) is 0 Å². The third-order valence-electron chi connectivity index (χ3n) is 5.63. The molecule has 1 N–H and O–H groups in total. The molecule has 1 amide bonds. The van der Waals surface area contributed by atoms with E-state index in [0.29, 0.717) is 17.2 Å². The van der Waals surface area contributed by atoms with Crippen molar-refractivity contribution in [1.29, 1.82) is 0 Å². The standard InChI is InChI=1S/C22H17ClFN3O4S/c1-2-12-10-31-16-9-26-8-14(19(28)20(29)18(26)22(30)27(12)16)21-25-7-13(32-21)6-11-4-3-5-15(23)17(11)24/h2-5,7-8,12,16,29H,1,6,9-10H2/t12-,16?/m1/s1. The summed E-state index contributed by atoms with van der Waals surface area (Å²) >= 11 is 7.06. The van der Waals surface area contributed by atoms with E-state index in [1.54, 1.807) is 24.4 Å². The molecule has 1 fully saturated rings. The first-order valence-corrected chi connectivity index (χ1v) is 11.0. The molecular formula is C22H17ClFN3O4S. The summed E-state index contributed by atoms with van der Waals surface area (Å²) in [5.41, 5.74) is -0.189. The van der Waals surface area contributed by atoms with Crippen LogP contribution in [-0.4, -0.2) is 44.3 Å². The molecule has 4 heterocycles. The van der Waals surface area contributed by atoms with Gasteiger partial charge in [-0.2, -0.15) is 0 Å². The molecule has 0 saturated carbocycles. The van der Waals surface area contributed by atoms with Crippen LogP contribution in [0.2, 0.25) is 5.02 Å². The van der Waals surface area contributed by atoms with Gasteiger partial charge in [-0.3, -0.25) is 9.59 Å². The molecular weight excluding hydrogens is 457 g/mol. The van der Waals surface area contributed by atoms with E-state index in [-0.39, 0.29) is 35.3 Å². The Hall–Kier alpha value is -3.01.